The van der Waals surface area contributed by atoms with Gasteiger partial charge in [0.05, 0.1) is 19.1 Å². The van der Waals surface area contributed by atoms with Crippen LogP contribution >= 0.6 is 11.3 Å². The standard InChI is InChI=1S/C37H57N5O7S/c1-9-48-37(47)26(5)19-29(20-28-16-11-10-12-17-28)40-35(46)30-23-50-36(41-30)32(49-27(6)43)21-31(24(2)3)42(8)33(44)22-39-34(45)25(4)15-13-14-18-38-7/h10-12,16-17,23-26,29,31-32,38H,9,13-15,18-22H2,1-8H3,(H,39,45)(H,40,46)/t25-,26+,29-,31-,32-/m1/s1. The van der Waals surface area contributed by atoms with Gasteiger partial charge in [0.25, 0.3) is 5.91 Å². The smallest absolute Gasteiger partial charge is 0.308 e. The third-order valence-electron chi connectivity index (χ3n) is 8.62. The zero-order chi connectivity index (χ0) is 37.2. The van der Waals surface area contributed by atoms with Crippen LogP contribution in [0.25, 0.3) is 0 Å². The highest BCUT2D eigenvalue weighted by Gasteiger charge is 2.31. The third-order valence-corrected chi connectivity index (χ3v) is 9.55. The second-order valence-electron chi connectivity index (χ2n) is 13.2. The van der Waals surface area contributed by atoms with Crippen molar-refractivity contribution in [3.8, 4) is 0 Å². The predicted molar refractivity (Wildman–Crippen MR) is 194 cm³/mol. The minimum atomic E-state index is -0.808. The lowest BCUT2D eigenvalue weighted by molar-refractivity contribution is -0.149. The van der Waals surface area contributed by atoms with Crippen LogP contribution in [0, 0.1) is 17.8 Å². The van der Waals surface area contributed by atoms with Crippen LogP contribution in [0.2, 0.25) is 0 Å². The first-order chi connectivity index (χ1) is 23.8. The molecule has 0 saturated heterocycles. The van der Waals surface area contributed by atoms with Gasteiger partial charge >= 0.3 is 11.9 Å². The second-order valence-corrected chi connectivity index (χ2v) is 14.1. The number of carbonyl (C=O) groups is 5. The van der Waals surface area contributed by atoms with E-state index < -0.39 is 23.9 Å². The summed E-state index contributed by atoms with van der Waals surface area (Å²) in [7, 11) is 3.57. The van der Waals surface area contributed by atoms with Gasteiger partial charge in [0.15, 0.2) is 6.10 Å². The van der Waals surface area contributed by atoms with E-state index in [-0.39, 0.29) is 67.0 Å². The molecular weight excluding hydrogens is 659 g/mol. The molecular formula is C37H57N5O7S. The van der Waals surface area contributed by atoms with Crippen LogP contribution < -0.4 is 16.0 Å². The van der Waals surface area contributed by atoms with Crippen molar-refractivity contribution in [2.24, 2.45) is 17.8 Å². The van der Waals surface area contributed by atoms with Crippen molar-refractivity contribution in [3.05, 3.63) is 52.0 Å². The highest BCUT2D eigenvalue weighted by atomic mass is 32.1. The maximum atomic E-state index is 13.5. The Kier molecular flexibility index (Phi) is 18.7. The zero-order valence-electron chi connectivity index (χ0n) is 31.0. The van der Waals surface area contributed by atoms with Crippen LogP contribution in [0.4, 0.5) is 0 Å². The Morgan fingerprint density at radius 1 is 0.980 bits per heavy atom. The number of benzene rings is 1. The average molecular weight is 716 g/mol. The molecule has 1 aromatic carbocycles. The van der Waals surface area contributed by atoms with Crippen molar-refractivity contribution in [1.82, 2.24) is 25.8 Å². The number of ether oxygens (including phenoxy) is 2. The molecule has 12 nitrogen and oxygen atoms in total. The van der Waals surface area contributed by atoms with E-state index in [1.165, 1.54) is 18.3 Å². The molecule has 0 aliphatic rings. The Hall–Kier alpha value is -3.84. The largest absolute Gasteiger partial charge is 0.466 e. The third kappa shape index (κ3) is 14.6. The molecule has 0 fully saturated rings. The minimum absolute atomic E-state index is 0.0216. The lowest BCUT2D eigenvalue weighted by Crippen LogP contribution is -2.46. The fourth-order valence-corrected chi connectivity index (χ4v) is 6.56. The molecule has 1 heterocycles. The van der Waals surface area contributed by atoms with E-state index in [4.69, 9.17) is 9.47 Å². The van der Waals surface area contributed by atoms with E-state index in [9.17, 15) is 24.0 Å². The lowest BCUT2D eigenvalue weighted by atomic mass is 9.96. The Morgan fingerprint density at radius 3 is 2.30 bits per heavy atom. The van der Waals surface area contributed by atoms with Crippen molar-refractivity contribution >= 4 is 41.0 Å². The fraction of sp³-hybridized carbons (Fsp3) is 0.622. The molecule has 5 atom stereocenters. The lowest BCUT2D eigenvalue weighted by Gasteiger charge is -2.33. The van der Waals surface area contributed by atoms with Crippen molar-refractivity contribution in [2.75, 3.05) is 33.8 Å². The summed E-state index contributed by atoms with van der Waals surface area (Å²) in [4.78, 5) is 70.1. The Balaban J connectivity index is 2.16. The molecule has 1 aromatic heterocycles. The van der Waals surface area contributed by atoms with Gasteiger partial charge in [0, 0.05) is 43.8 Å². The molecule has 0 saturated carbocycles. The summed E-state index contributed by atoms with van der Waals surface area (Å²) >= 11 is 1.20. The summed E-state index contributed by atoms with van der Waals surface area (Å²) in [5.41, 5.74) is 1.17. The second kappa shape index (κ2) is 22.1. The Labute approximate surface area is 301 Å². The fourth-order valence-electron chi connectivity index (χ4n) is 5.73. The van der Waals surface area contributed by atoms with Crippen LogP contribution in [-0.2, 0) is 35.1 Å². The maximum absolute atomic E-state index is 13.5. The summed E-state index contributed by atoms with van der Waals surface area (Å²) in [6.07, 6.45) is 2.96. The molecule has 0 bridgehead atoms. The number of unbranched alkanes of at least 4 members (excludes halogenated alkanes) is 1. The van der Waals surface area contributed by atoms with Gasteiger partial charge in [-0.25, -0.2) is 4.98 Å². The van der Waals surface area contributed by atoms with Gasteiger partial charge in [-0.05, 0) is 57.7 Å². The molecule has 3 N–H and O–H groups in total. The van der Waals surface area contributed by atoms with Crippen LogP contribution in [-0.4, -0.2) is 85.4 Å². The van der Waals surface area contributed by atoms with E-state index in [0.717, 1.165) is 31.4 Å². The quantitative estimate of drug-likeness (QED) is 0.116. The van der Waals surface area contributed by atoms with E-state index in [1.807, 2.05) is 58.2 Å². The van der Waals surface area contributed by atoms with Crippen LogP contribution in [0.1, 0.15) is 101 Å². The average Bonchev–Trinajstić information content (AvgIpc) is 3.57. The van der Waals surface area contributed by atoms with Gasteiger partial charge < -0.3 is 30.3 Å². The van der Waals surface area contributed by atoms with Crippen molar-refractivity contribution in [3.63, 3.8) is 0 Å². The SMILES string of the molecule is CCOC(=O)[C@@H](C)C[C@H](Cc1ccccc1)NC(=O)c1csc([C@@H](C[C@H](C(C)C)N(C)C(=O)CNC(=O)[C@H](C)CCCCNC)OC(C)=O)n1. The van der Waals surface area contributed by atoms with Gasteiger partial charge in [-0.2, -0.15) is 0 Å². The number of nitrogens with one attached hydrogen (secondary N) is 3. The number of rotatable bonds is 22. The van der Waals surface area contributed by atoms with Crippen LogP contribution in [0.15, 0.2) is 35.7 Å². The summed E-state index contributed by atoms with van der Waals surface area (Å²) in [5, 5.41) is 11.0. The number of carbonyl (C=O) groups excluding carboxylic acids is 5. The number of amides is 3. The molecule has 2 rings (SSSR count). The highest BCUT2D eigenvalue weighted by molar-refractivity contribution is 7.09. The number of hydrogen-bond acceptors (Lipinski definition) is 10. The predicted octanol–water partition coefficient (Wildman–Crippen LogP) is 4.69. The molecule has 0 spiro atoms. The first kappa shape index (κ1) is 42.3. The molecule has 0 radical (unpaired) electrons. The molecule has 0 unspecified atom stereocenters. The normalized spacial score (nSPS) is 14.2. The number of nitrogens with zero attached hydrogens (tertiary/aromatic N) is 2. The van der Waals surface area contributed by atoms with Gasteiger partial charge in [-0.15, -0.1) is 11.3 Å². The zero-order valence-corrected chi connectivity index (χ0v) is 31.8. The summed E-state index contributed by atoms with van der Waals surface area (Å²) in [6, 6.07) is 8.97. The van der Waals surface area contributed by atoms with E-state index in [1.54, 1.807) is 31.2 Å². The minimum Gasteiger partial charge on any atom is -0.466 e. The van der Waals surface area contributed by atoms with E-state index in [0.29, 0.717) is 17.8 Å². The van der Waals surface area contributed by atoms with Gasteiger partial charge in [0.1, 0.15) is 10.7 Å². The van der Waals surface area contributed by atoms with E-state index in [2.05, 4.69) is 20.9 Å². The molecule has 0 aliphatic carbocycles. The van der Waals surface area contributed by atoms with Gasteiger partial charge in [-0.1, -0.05) is 64.4 Å². The highest BCUT2D eigenvalue weighted by Crippen LogP contribution is 2.30. The first-order valence-corrected chi connectivity index (χ1v) is 18.5. The Bertz CT molecular complexity index is 1370. The molecule has 3 amide bonds. The maximum Gasteiger partial charge on any atom is 0.308 e. The molecule has 278 valence electrons. The van der Waals surface area contributed by atoms with Crippen molar-refractivity contribution in [2.45, 2.75) is 98.3 Å². The summed E-state index contributed by atoms with van der Waals surface area (Å²) in [5.74, 6) is -2.33. The number of aromatic nitrogens is 1. The molecule has 50 heavy (non-hydrogen) atoms. The molecule has 2 aromatic rings. The van der Waals surface area contributed by atoms with Gasteiger partial charge in [-0.3, -0.25) is 24.0 Å². The number of likely N-dealkylation sites (N-methyl/N-ethyl adjacent to an activating group) is 1. The summed E-state index contributed by atoms with van der Waals surface area (Å²) in [6.45, 7) is 11.7. The van der Waals surface area contributed by atoms with E-state index >= 15 is 0 Å². The summed E-state index contributed by atoms with van der Waals surface area (Å²) < 4.78 is 10.9. The van der Waals surface area contributed by atoms with Gasteiger partial charge in [0.2, 0.25) is 11.8 Å². The number of thiazole rings is 1. The monoisotopic (exact) mass is 715 g/mol. The number of hydrogen-bond donors (Lipinski definition) is 3. The van der Waals surface area contributed by atoms with Crippen molar-refractivity contribution in [1.29, 1.82) is 0 Å². The first-order valence-electron chi connectivity index (χ1n) is 17.6. The van der Waals surface area contributed by atoms with Crippen LogP contribution in [0.3, 0.4) is 0 Å². The molecule has 13 heteroatoms. The van der Waals surface area contributed by atoms with Crippen LogP contribution in [0.5, 0.6) is 0 Å². The number of esters is 2. The molecule has 0 aliphatic heterocycles. The Morgan fingerprint density at radius 2 is 1.68 bits per heavy atom. The van der Waals surface area contributed by atoms with Crippen molar-refractivity contribution < 1.29 is 33.4 Å². The topological polar surface area (TPSA) is 156 Å².